The summed E-state index contributed by atoms with van der Waals surface area (Å²) in [5, 5.41) is 6.23. The van der Waals surface area contributed by atoms with Gasteiger partial charge in [-0.1, -0.05) is 13.8 Å². The van der Waals surface area contributed by atoms with Crippen LogP contribution < -0.4 is 10.6 Å². The van der Waals surface area contributed by atoms with Crippen molar-refractivity contribution in [3.63, 3.8) is 0 Å². The van der Waals surface area contributed by atoms with Crippen LogP contribution in [-0.2, 0) is 4.79 Å². The summed E-state index contributed by atoms with van der Waals surface area (Å²) in [6.07, 6.45) is 4.20. The van der Waals surface area contributed by atoms with E-state index in [9.17, 15) is 4.79 Å². The zero-order chi connectivity index (χ0) is 13.4. The molecule has 0 bridgehead atoms. The van der Waals surface area contributed by atoms with Crippen LogP contribution in [0.3, 0.4) is 0 Å². The second-order valence-electron chi connectivity index (χ2n) is 5.72. The number of nitrogens with zero attached hydrogens (tertiary/aromatic N) is 1. The molecule has 0 saturated carbocycles. The number of carbonyl (C=O) groups is 1. The average molecular weight is 255 g/mol. The molecule has 1 heterocycles. The maximum Gasteiger partial charge on any atom is 0.219 e. The summed E-state index contributed by atoms with van der Waals surface area (Å²) in [4.78, 5) is 13.7. The van der Waals surface area contributed by atoms with Gasteiger partial charge in [0.1, 0.15) is 0 Å². The molecule has 4 heteroatoms. The lowest BCUT2D eigenvalue weighted by molar-refractivity contribution is -0.120. The molecule has 1 rings (SSSR count). The number of amides is 1. The molecule has 1 atom stereocenters. The van der Waals surface area contributed by atoms with Gasteiger partial charge in [-0.3, -0.25) is 4.79 Å². The Bertz CT molecular complexity index is 237. The lowest BCUT2D eigenvalue weighted by atomic mass is 10.1. The number of rotatable bonds is 8. The van der Waals surface area contributed by atoms with E-state index in [0.717, 1.165) is 26.1 Å². The van der Waals surface area contributed by atoms with Gasteiger partial charge in [0.2, 0.25) is 5.91 Å². The molecule has 0 spiro atoms. The summed E-state index contributed by atoms with van der Waals surface area (Å²) in [5.41, 5.74) is 0. The molecule has 1 saturated heterocycles. The van der Waals surface area contributed by atoms with Gasteiger partial charge >= 0.3 is 0 Å². The quantitative estimate of drug-likeness (QED) is 0.685. The number of nitrogens with one attached hydrogen (secondary N) is 2. The molecular weight excluding hydrogens is 226 g/mol. The van der Waals surface area contributed by atoms with E-state index in [4.69, 9.17) is 0 Å². The van der Waals surface area contributed by atoms with Crippen molar-refractivity contribution in [3.8, 4) is 0 Å². The maximum atomic E-state index is 11.2. The Morgan fingerprint density at radius 2 is 2.28 bits per heavy atom. The van der Waals surface area contributed by atoms with E-state index in [1.165, 1.54) is 19.4 Å². The molecule has 106 valence electrons. The third-order valence-corrected chi connectivity index (χ3v) is 3.42. The van der Waals surface area contributed by atoms with Crippen LogP contribution in [0, 0.1) is 5.92 Å². The first-order valence-corrected chi connectivity index (χ1v) is 7.28. The molecule has 0 radical (unpaired) electrons. The Balaban J connectivity index is 2.27. The van der Waals surface area contributed by atoms with E-state index in [1.807, 2.05) is 0 Å². The summed E-state index contributed by atoms with van der Waals surface area (Å²) in [6.45, 7) is 8.97. The molecule has 0 aromatic heterocycles. The Morgan fingerprint density at radius 3 is 2.83 bits per heavy atom. The summed E-state index contributed by atoms with van der Waals surface area (Å²) in [7, 11) is 1.71. The number of hydrogen-bond donors (Lipinski definition) is 2. The van der Waals surface area contributed by atoms with Crippen LogP contribution in [0.2, 0.25) is 0 Å². The third kappa shape index (κ3) is 6.36. The molecule has 1 aliphatic heterocycles. The van der Waals surface area contributed by atoms with Crippen molar-refractivity contribution in [1.29, 1.82) is 0 Å². The fourth-order valence-electron chi connectivity index (χ4n) is 2.59. The van der Waals surface area contributed by atoms with Crippen molar-refractivity contribution < 1.29 is 4.79 Å². The monoisotopic (exact) mass is 255 g/mol. The van der Waals surface area contributed by atoms with Crippen molar-refractivity contribution >= 4 is 5.91 Å². The smallest absolute Gasteiger partial charge is 0.219 e. The highest BCUT2D eigenvalue weighted by Crippen LogP contribution is 2.09. The topological polar surface area (TPSA) is 44.4 Å². The van der Waals surface area contributed by atoms with Crippen LogP contribution in [0.15, 0.2) is 0 Å². The van der Waals surface area contributed by atoms with Crippen LogP contribution in [0.4, 0.5) is 0 Å². The lowest BCUT2D eigenvalue weighted by Gasteiger charge is -2.27. The Labute approximate surface area is 111 Å². The minimum Gasteiger partial charge on any atom is -0.359 e. The van der Waals surface area contributed by atoms with Gasteiger partial charge in [0.05, 0.1) is 0 Å². The number of carbonyl (C=O) groups excluding carboxylic acids is 1. The van der Waals surface area contributed by atoms with Gasteiger partial charge in [-0.15, -0.1) is 0 Å². The van der Waals surface area contributed by atoms with Gasteiger partial charge in [0.15, 0.2) is 0 Å². The highest BCUT2D eigenvalue weighted by atomic mass is 16.1. The Hall–Kier alpha value is -0.610. The van der Waals surface area contributed by atoms with E-state index in [-0.39, 0.29) is 5.91 Å². The zero-order valence-corrected chi connectivity index (χ0v) is 12.2. The van der Waals surface area contributed by atoms with E-state index >= 15 is 0 Å². The van der Waals surface area contributed by atoms with E-state index in [1.54, 1.807) is 7.05 Å². The zero-order valence-electron chi connectivity index (χ0n) is 12.2. The van der Waals surface area contributed by atoms with Gasteiger partial charge in [0, 0.05) is 32.6 Å². The Kier molecular flexibility index (Phi) is 7.28. The largest absolute Gasteiger partial charge is 0.359 e. The summed E-state index contributed by atoms with van der Waals surface area (Å²) in [5.74, 6) is 0.838. The molecule has 1 amide bonds. The van der Waals surface area contributed by atoms with Crippen molar-refractivity contribution in [1.82, 2.24) is 15.5 Å². The molecule has 0 aromatic carbocycles. The molecular formula is C14H29N3O. The first-order chi connectivity index (χ1) is 8.61. The lowest BCUT2D eigenvalue weighted by Crippen LogP contribution is -2.40. The third-order valence-electron chi connectivity index (χ3n) is 3.42. The van der Waals surface area contributed by atoms with Crippen LogP contribution in [0.25, 0.3) is 0 Å². The highest BCUT2D eigenvalue weighted by Gasteiger charge is 2.18. The second-order valence-corrected chi connectivity index (χ2v) is 5.72. The molecule has 1 unspecified atom stereocenters. The van der Waals surface area contributed by atoms with Crippen LogP contribution in [0.1, 0.15) is 39.5 Å². The molecule has 4 nitrogen and oxygen atoms in total. The summed E-state index contributed by atoms with van der Waals surface area (Å²) in [6, 6.07) is 0.656. The van der Waals surface area contributed by atoms with Gasteiger partial charge < -0.3 is 15.5 Å². The highest BCUT2D eigenvalue weighted by molar-refractivity contribution is 5.75. The molecule has 0 aliphatic carbocycles. The van der Waals surface area contributed by atoms with Crippen LogP contribution >= 0.6 is 0 Å². The normalized spacial score (nSPS) is 19.7. The minimum absolute atomic E-state index is 0.151. The fraction of sp³-hybridized carbons (Fsp3) is 0.929. The predicted octanol–water partition coefficient (Wildman–Crippen LogP) is 1.22. The molecule has 1 aliphatic rings. The molecule has 1 fully saturated rings. The average Bonchev–Trinajstić information content (AvgIpc) is 2.80. The van der Waals surface area contributed by atoms with Crippen molar-refractivity contribution in [3.05, 3.63) is 0 Å². The minimum atomic E-state index is 0.151. The van der Waals surface area contributed by atoms with Crippen molar-refractivity contribution in [2.24, 2.45) is 5.92 Å². The van der Waals surface area contributed by atoms with E-state index in [2.05, 4.69) is 29.4 Å². The van der Waals surface area contributed by atoms with Crippen molar-refractivity contribution in [2.45, 2.75) is 45.6 Å². The first-order valence-electron chi connectivity index (χ1n) is 7.28. The maximum absolute atomic E-state index is 11.2. The predicted molar refractivity (Wildman–Crippen MR) is 75.6 cm³/mol. The first kappa shape index (κ1) is 15.4. The molecule has 2 N–H and O–H groups in total. The summed E-state index contributed by atoms with van der Waals surface area (Å²) < 4.78 is 0. The second kappa shape index (κ2) is 8.48. The molecule has 18 heavy (non-hydrogen) atoms. The molecule has 0 aromatic rings. The summed E-state index contributed by atoms with van der Waals surface area (Å²) >= 11 is 0. The SMILES string of the molecule is CNC(=O)CCCN(CC(C)C)CC1CCCN1. The van der Waals surface area contributed by atoms with Gasteiger partial charge in [-0.05, 0) is 38.3 Å². The van der Waals surface area contributed by atoms with Gasteiger partial charge in [-0.2, -0.15) is 0 Å². The van der Waals surface area contributed by atoms with Crippen LogP contribution in [-0.4, -0.2) is 50.1 Å². The number of hydrogen-bond acceptors (Lipinski definition) is 3. The van der Waals surface area contributed by atoms with Gasteiger partial charge in [-0.25, -0.2) is 0 Å². The van der Waals surface area contributed by atoms with E-state index in [0.29, 0.717) is 18.4 Å². The van der Waals surface area contributed by atoms with E-state index < -0.39 is 0 Å². The fourth-order valence-corrected chi connectivity index (χ4v) is 2.59. The van der Waals surface area contributed by atoms with Crippen molar-refractivity contribution in [2.75, 3.05) is 33.2 Å². The van der Waals surface area contributed by atoms with Crippen LogP contribution in [0.5, 0.6) is 0 Å². The standard InChI is InChI=1S/C14H29N3O/c1-12(2)10-17(9-5-7-14(18)15-3)11-13-6-4-8-16-13/h12-13,16H,4-11H2,1-3H3,(H,15,18). The Morgan fingerprint density at radius 1 is 1.50 bits per heavy atom. The van der Waals surface area contributed by atoms with Gasteiger partial charge in [0.25, 0.3) is 0 Å².